The third-order valence-electron chi connectivity index (χ3n) is 4.53. The Morgan fingerprint density at radius 1 is 1.38 bits per heavy atom. The smallest absolute Gasteiger partial charge is 0.160 e. The van der Waals surface area contributed by atoms with Crippen molar-refractivity contribution in [1.82, 2.24) is 14.6 Å². The van der Waals surface area contributed by atoms with Crippen molar-refractivity contribution in [2.75, 3.05) is 5.32 Å². The Morgan fingerprint density at radius 2 is 2.10 bits per heavy atom. The summed E-state index contributed by atoms with van der Waals surface area (Å²) in [5, 5.41) is 8.14. The largest absolute Gasteiger partial charge is 0.367 e. The summed E-state index contributed by atoms with van der Waals surface area (Å²) in [5.74, 6) is 1.05. The molecule has 1 aliphatic rings. The molecule has 2 aromatic heterocycles. The summed E-state index contributed by atoms with van der Waals surface area (Å²) >= 11 is 0. The first-order valence-corrected chi connectivity index (χ1v) is 7.77. The highest BCUT2D eigenvalue weighted by atomic mass is 15.3. The molecule has 0 radical (unpaired) electrons. The van der Waals surface area contributed by atoms with Gasteiger partial charge in [0.2, 0.25) is 0 Å². The first kappa shape index (κ1) is 14.1. The highest BCUT2D eigenvalue weighted by Crippen LogP contribution is 2.28. The monoisotopic (exact) mass is 284 g/mol. The maximum absolute atomic E-state index is 4.80. The first-order valence-electron chi connectivity index (χ1n) is 7.77. The summed E-state index contributed by atoms with van der Waals surface area (Å²) in [6.45, 7) is 10.3. The van der Waals surface area contributed by atoms with Crippen LogP contribution in [0.15, 0.2) is 24.9 Å². The summed E-state index contributed by atoms with van der Waals surface area (Å²) in [6, 6.07) is 2.68. The van der Waals surface area contributed by atoms with Gasteiger partial charge in [-0.3, -0.25) is 0 Å². The van der Waals surface area contributed by atoms with E-state index in [1.807, 2.05) is 16.8 Å². The van der Waals surface area contributed by atoms with E-state index in [1.165, 1.54) is 25.7 Å². The van der Waals surface area contributed by atoms with Crippen LogP contribution in [0.5, 0.6) is 0 Å². The zero-order chi connectivity index (χ0) is 15.0. The molecular formula is C17H24N4. The van der Waals surface area contributed by atoms with E-state index in [2.05, 4.69) is 43.8 Å². The molecule has 0 atom stereocenters. The lowest BCUT2D eigenvalue weighted by atomic mass is 9.89. The minimum Gasteiger partial charge on any atom is -0.367 e. The molecule has 0 unspecified atom stereocenters. The van der Waals surface area contributed by atoms with Gasteiger partial charge in [-0.05, 0) is 19.8 Å². The van der Waals surface area contributed by atoms with E-state index in [9.17, 15) is 0 Å². The molecule has 4 nitrogen and oxygen atoms in total. The molecule has 1 N–H and O–H groups in total. The number of hydrogen-bond donors (Lipinski definition) is 1. The topological polar surface area (TPSA) is 42.2 Å². The van der Waals surface area contributed by atoms with Gasteiger partial charge in [-0.2, -0.15) is 9.61 Å². The van der Waals surface area contributed by atoms with E-state index < -0.39 is 0 Å². The minimum absolute atomic E-state index is 0.148. The van der Waals surface area contributed by atoms with Crippen LogP contribution in [-0.4, -0.2) is 20.6 Å². The number of anilines is 1. The number of rotatable bonds is 4. The van der Waals surface area contributed by atoms with Crippen LogP contribution in [-0.2, 0) is 5.41 Å². The molecule has 21 heavy (non-hydrogen) atoms. The van der Waals surface area contributed by atoms with E-state index in [0.29, 0.717) is 6.04 Å². The Bertz CT molecular complexity index is 663. The van der Waals surface area contributed by atoms with E-state index >= 15 is 0 Å². The Morgan fingerprint density at radius 3 is 2.76 bits per heavy atom. The molecule has 0 saturated heterocycles. The fourth-order valence-corrected chi connectivity index (χ4v) is 2.89. The third kappa shape index (κ3) is 2.55. The maximum Gasteiger partial charge on any atom is 0.160 e. The van der Waals surface area contributed by atoms with Crippen LogP contribution in [0.3, 0.4) is 0 Å². The lowest BCUT2D eigenvalue weighted by molar-refractivity contribution is 0.642. The van der Waals surface area contributed by atoms with Crippen molar-refractivity contribution in [1.29, 1.82) is 0 Å². The normalized spacial score (nSPS) is 16.5. The molecule has 3 rings (SSSR count). The molecule has 2 heterocycles. The van der Waals surface area contributed by atoms with Crippen molar-refractivity contribution >= 4 is 11.5 Å². The number of hydrogen-bond acceptors (Lipinski definition) is 3. The quantitative estimate of drug-likeness (QED) is 0.867. The summed E-state index contributed by atoms with van der Waals surface area (Å²) < 4.78 is 1.93. The third-order valence-corrected chi connectivity index (χ3v) is 4.53. The highest BCUT2D eigenvalue weighted by Gasteiger charge is 2.23. The fourth-order valence-electron chi connectivity index (χ4n) is 2.89. The molecule has 1 aliphatic carbocycles. The Kier molecular flexibility index (Phi) is 3.47. The van der Waals surface area contributed by atoms with Gasteiger partial charge in [0.25, 0.3) is 0 Å². The number of fused-ring (bicyclic) bond motifs is 1. The standard InChI is InChI=1S/C17H24N4/c1-5-17(3,4)14-10-15(19-13-8-6-7-9-13)21-16(20-14)12(2)11-18-21/h5,10-11,13,19H,1,6-9H2,2-4H3. The zero-order valence-corrected chi connectivity index (χ0v) is 13.2. The van der Waals surface area contributed by atoms with Crippen LogP contribution in [0.4, 0.5) is 5.82 Å². The number of aryl methyl sites for hydroxylation is 1. The molecule has 1 fully saturated rings. The highest BCUT2D eigenvalue weighted by molar-refractivity contribution is 5.55. The van der Waals surface area contributed by atoms with E-state index in [0.717, 1.165) is 22.7 Å². The van der Waals surface area contributed by atoms with Gasteiger partial charge in [0, 0.05) is 23.1 Å². The van der Waals surface area contributed by atoms with Crippen molar-refractivity contribution < 1.29 is 0 Å². The molecule has 0 spiro atoms. The molecule has 2 aromatic rings. The van der Waals surface area contributed by atoms with Crippen LogP contribution < -0.4 is 5.32 Å². The van der Waals surface area contributed by atoms with Gasteiger partial charge in [-0.15, -0.1) is 6.58 Å². The summed E-state index contributed by atoms with van der Waals surface area (Å²) in [5.41, 5.74) is 2.92. The maximum atomic E-state index is 4.80. The van der Waals surface area contributed by atoms with Gasteiger partial charge >= 0.3 is 0 Å². The predicted octanol–water partition coefficient (Wildman–Crippen LogP) is 3.86. The van der Waals surface area contributed by atoms with Crippen LogP contribution >= 0.6 is 0 Å². The van der Waals surface area contributed by atoms with Gasteiger partial charge in [0.1, 0.15) is 5.82 Å². The molecule has 0 aliphatic heterocycles. The number of nitrogens with one attached hydrogen (secondary N) is 1. The Labute approximate surface area is 126 Å². The average Bonchev–Trinajstić information content (AvgIpc) is 3.09. The van der Waals surface area contributed by atoms with Gasteiger partial charge in [-0.1, -0.05) is 32.8 Å². The van der Waals surface area contributed by atoms with E-state index in [1.54, 1.807) is 0 Å². The van der Waals surface area contributed by atoms with Gasteiger partial charge in [0.05, 0.1) is 11.9 Å². The lowest BCUT2D eigenvalue weighted by Gasteiger charge is -2.22. The Balaban J connectivity index is 2.09. The van der Waals surface area contributed by atoms with Gasteiger partial charge < -0.3 is 5.32 Å². The van der Waals surface area contributed by atoms with Crippen LogP contribution in [0.2, 0.25) is 0 Å². The summed E-state index contributed by atoms with van der Waals surface area (Å²) in [6.07, 6.45) is 8.95. The number of allylic oxidation sites excluding steroid dienone is 1. The minimum atomic E-state index is -0.148. The molecule has 112 valence electrons. The lowest BCUT2D eigenvalue weighted by Crippen LogP contribution is -2.21. The molecule has 1 saturated carbocycles. The van der Waals surface area contributed by atoms with Crippen LogP contribution in [0.1, 0.15) is 50.8 Å². The fraction of sp³-hybridized carbons (Fsp3) is 0.529. The van der Waals surface area contributed by atoms with Gasteiger partial charge in [-0.25, -0.2) is 4.98 Å². The number of nitrogens with zero attached hydrogens (tertiary/aromatic N) is 3. The van der Waals surface area contributed by atoms with Crippen molar-refractivity contribution in [2.24, 2.45) is 0 Å². The van der Waals surface area contributed by atoms with Crippen molar-refractivity contribution in [3.63, 3.8) is 0 Å². The zero-order valence-electron chi connectivity index (χ0n) is 13.2. The second-order valence-electron chi connectivity index (χ2n) is 6.64. The predicted molar refractivity (Wildman–Crippen MR) is 86.8 cm³/mol. The Hall–Kier alpha value is -1.84. The molecule has 0 aromatic carbocycles. The first-order chi connectivity index (χ1) is 10.0. The van der Waals surface area contributed by atoms with Crippen LogP contribution in [0, 0.1) is 6.92 Å². The van der Waals surface area contributed by atoms with Crippen molar-refractivity contribution in [2.45, 2.75) is 57.9 Å². The van der Waals surface area contributed by atoms with Crippen LogP contribution in [0.25, 0.3) is 5.65 Å². The number of aromatic nitrogens is 3. The van der Waals surface area contributed by atoms with Gasteiger partial charge in [0.15, 0.2) is 5.65 Å². The molecular weight excluding hydrogens is 260 g/mol. The summed E-state index contributed by atoms with van der Waals surface area (Å²) in [4.78, 5) is 4.80. The second kappa shape index (κ2) is 5.17. The molecule has 0 amide bonds. The average molecular weight is 284 g/mol. The molecule has 4 heteroatoms. The SMILES string of the molecule is C=CC(C)(C)c1cc(NC2CCCC2)n2ncc(C)c2n1. The molecule has 0 bridgehead atoms. The summed E-state index contributed by atoms with van der Waals surface area (Å²) in [7, 11) is 0. The second-order valence-corrected chi connectivity index (χ2v) is 6.64. The van der Waals surface area contributed by atoms with E-state index in [-0.39, 0.29) is 5.41 Å². The van der Waals surface area contributed by atoms with Crippen molar-refractivity contribution in [3.05, 3.63) is 36.2 Å². The van der Waals surface area contributed by atoms with E-state index in [4.69, 9.17) is 4.98 Å². The van der Waals surface area contributed by atoms with Crippen molar-refractivity contribution in [3.8, 4) is 0 Å².